The molecule has 0 amide bonds. The maximum absolute atomic E-state index is 13.4. The second-order valence-corrected chi connectivity index (χ2v) is 4.71. The summed E-state index contributed by atoms with van der Waals surface area (Å²) in [6.07, 6.45) is 0. The molecule has 2 aromatic rings. The lowest BCUT2D eigenvalue weighted by molar-refractivity contribution is 0.257. The second-order valence-electron chi connectivity index (χ2n) is 3.79. The van der Waals surface area contributed by atoms with Crippen LogP contribution in [-0.2, 0) is 13.2 Å². The quantitative estimate of drug-likeness (QED) is 0.934. The fourth-order valence-electron chi connectivity index (χ4n) is 1.58. The van der Waals surface area contributed by atoms with Crippen LogP contribution in [0.15, 0.2) is 46.9 Å². The third kappa shape index (κ3) is 3.09. The number of aliphatic hydroxyl groups is 1. The monoisotopic (exact) mass is 310 g/mol. The predicted octanol–water partition coefficient (Wildman–Crippen LogP) is 3.66. The zero-order chi connectivity index (χ0) is 13.0. The zero-order valence-corrected chi connectivity index (χ0v) is 11.2. The molecule has 1 N–H and O–H groups in total. The van der Waals surface area contributed by atoms with Crippen LogP contribution in [0.25, 0.3) is 0 Å². The molecule has 18 heavy (non-hydrogen) atoms. The lowest BCUT2D eigenvalue weighted by Gasteiger charge is -2.11. The van der Waals surface area contributed by atoms with Crippen LogP contribution in [0.5, 0.6) is 5.75 Å². The Morgan fingerprint density at radius 3 is 2.61 bits per heavy atom. The van der Waals surface area contributed by atoms with Crippen molar-refractivity contribution >= 4 is 15.9 Å². The van der Waals surface area contributed by atoms with Gasteiger partial charge < -0.3 is 9.84 Å². The fourth-order valence-corrected chi connectivity index (χ4v) is 1.99. The van der Waals surface area contributed by atoms with Gasteiger partial charge >= 0.3 is 0 Å². The number of benzene rings is 2. The van der Waals surface area contributed by atoms with E-state index in [9.17, 15) is 9.50 Å². The van der Waals surface area contributed by atoms with Gasteiger partial charge in [0, 0.05) is 15.6 Å². The molecule has 0 saturated heterocycles. The van der Waals surface area contributed by atoms with Crippen molar-refractivity contribution in [3.8, 4) is 5.75 Å². The van der Waals surface area contributed by atoms with E-state index < -0.39 is 0 Å². The third-order valence-electron chi connectivity index (χ3n) is 2.53. The highest BCUT2D eigenvalue weighted by Crippen LogP contribution is 2.24. The molecule has 0 radical (unpaired) electrons. The summed E-state index contributed by atoms with van der Waals surface area (Å²) in [5.74, 6) is 0.268. The summed E-state index contributed by atoms with van der Waals surface area (Å²) in [7, 11) is 0. The average Bonchev–Trinajstić information content (AvgIpc) is 2.39. The fraction of sp³-hybridized carbons (Fsp3) is 0.143. The van der Waals surface area contributed by atoms with E-state index in [1.54, 1.807) is 30.3 Å². The molecule has 0 aliphatic rings. The molecule has 4 heteroatoms. The summed E-state index contributed by atoms with van der Waals surface area (Å²) in [5, 5.41) is 9.22. The van der Waals surface area contributed by atoms with Crippen LogP contribution in [0, 0.1) is 5.82 Å². The van der Waals surface area contributed by atoms with Gasteiger partial charge in [-0.25, -0.2) is 4.39 Å². The van der Waals surface area contributed by atoms with Crippen molar-refractivity contribution < 1.29 is 14.2 Å². The summed E-state index contributed by atoms with van der Waals surface area (Å²) < 4.78 is 19.8. The highest BCUT2D eigenvalue weighted by atomic mass is 79.9. The van der Waals surface area contributed by atoms with Crippen molar-refractivity contribution in [3.05, 3.63) is 63.9 Å². The summed E-state index contributed by atoms with van der Waals surface area (Å²) >= 11 is 3.32. The average molecular weight is 311 g/mol. The van der Waals surface area contributed by atoms with Crippen LogP contribution >= 0.6 is 15.9 Å². The first-order valence-corrected chi connectivity index (χ1v) is 6.25. The summed E-state index contributed by atoms with van der Waals surface area (Å²) in [5.41, 5.74) is 1.16. The molecular formula is C14H12BrFO2. The number of hydrogen-bond acceptors (Lipinski definition) is 2. The Bertz CT molecular complexity index is 543. The molecule has 2 nitrogen and oxygen atoms in total. The predicted molar refractivity (Wildman–Crippen MR) is 70.8 cm³/mol. The van der Waals surface area contributed by atoms with Gasteiger partial charge in [-0.05, 0) is 24.3 Å². The van der Waals surface area contributed by atoms with Crippen molar-refractivity contribution in [2.75, 3.05) is 0 Å². The number of halogens is 2. The van der Waals surface area contributed by atoms with Gasteiger partial charge in [-0.2, -0.15) is 0 Å². The van der Waals surface area contributed by atoms with Gasteiger partial charge in [0.05, 0.1) is 6.61 Å². The van der Waals surface area contributed by atoms with Crippen molar-refractivity contribution in [1.29, 1.82) is 0 Å². The van der Waals surface area contributed by atoms with E-state index in [-0.39, 0.29) is 19.0 Å². The minimum absolute atomic E-state index is 0.119. The first-order chi connectivity index (χ1) is 8.70. The topological polar surface area (TPSA) is 29.5 Å². The van der Waals surface area contributed by atoms with E-state index in [4.69, 9.17) is 4.74 Å². The highest BCUT2D eigenvalue weighted by Gasteiger charge is 2.06. The Hall–Kier alpha value is -1.39. The highest BCUT2D eigenvalue weighted by molar-refractivity contribution is 9.10. The Morgan fingerprint density at radius 2 is 1.89 bits per heavy atom. The van der Waals surface area contributed by atoms with Crippen LogP contribution in [0.3, 0.4) is 0 Å². The Balaban J connectivity index is 2.13. The van der Waals surface area contributed by atoms with Crippen LogP contribution in [0.1, 0.15) is 11.1 Å². The van der Waals surface area contributed by atoms with E-state index in [1.165, 1.54) is 6.07 Å². The molecule has 2 rings (SSSR count). The number of ether oxygens (including phenoxy) is 1. The molecule has 0 spiro atoms. The van der Waals surface area contributed by atoms with E-state index in [1.807, 2.05) is 6.07 Å². The molecule has 0 fully saturated rings. The van der Waals surface area contributed by atoms with Gasteiger partial charge in [0.15, 0.2) is 0 Å². The molecule has 0 atom stereocenters. The van der Waals surface area contributed by atoms with Gasteiger partial charge in [0.1, 0.15) is 18.2 Å². The van der Waals surface area contributed by atoms with Crippen LogP contribution in [0.2, 0.25) is 0 Å². The molecule has 0 unspecified atom stereocenters. The molecule has 0 aliphatic heterocycles. The molecule has 0 aromatic heterocycles. The van der Waals surface area contributed by atoms with Crippen LogP contribution in [-0.4, -0.2) is 5.11 Å². The Kier molecular flexibility index (Phi) is 4.33. The lowest BCUT2D eigenvalue weighted by atomic mass is 10.2. The van der Waals surface area contributed by atoms with E-state index in [0.29, 0.717) is 16.9 Å². The Labute approximate surface area is 113 Å². The van der Waals surface area contributed by atoms with Crippen molar-refractivity contribution in [3.63, 3.8) is 0 Å². The molecule has 0 bridgehead atoms. The minimum Gasteiger partial charge on any atom is -0.488 e. The van der Waals surface area contributed by atoms with Gasteiger partial charge in [0.2, 0.25) is 0 Å². The molecular weight excluding hydrogens is 299 g/mol. The second kappa shape index (κ2) is 5.98. The minimum atomic E-state index is -0.292. The number of hydrogen-bond donors (Lipinski definition) is 1. The third-order valence-corrected chi connectivity index (χ3v) is 3.03. The van der Waals surface area contributed by atoms with E-state index >= 15 is 0 Å². The summed E-state index contributed by atoms with van der Waals surface area (Å²) in [6, 6.07) is 11.8. The van der Waals surface area contributed by atoms with Crippen LogP contribution < -0.4 is 4.74 Å². The van der Waals surface area contributed by atoms with E-state index in [0.717, 1.165) is 4.47 Å². The summed E-state index contributed by atoms with van der Waals surface area (Å²) in [6.45, 7) is 0.0212. The molecule has 0 heterocycles. The van der Waals surface area contributed by atoms with Crippen LogP contribution in [0.4, 0.5) is 4.39 Å². The molecule has 0 saturated carbocycles. The van der Waals surface area contributed by atoms with Gasteiger partial charge in [-0.3, -0.25) is 0 Å². The maximum Gasteiger partial charge on any atom is 0.129 e. The number of aliphatic hydroxyl groups excluding tert-OH is 1. The Morgan fingerprint density at radius 1 is 1.11 bits per heavy atom. The van der Waals surface area contributed by atoms with Gasteiger partial charge in [0.25, 0.3) is 0 Å². The first kappa shape index (κ1) is 13.1. The molecule has 0 aliphatic carbocycles. The van der Waals surface area contributed by atoms with Gasteiger partial charge in [-0.15, -0.1) is 0 Å². The SMILES string of the molecule is OCc1cc(Br)ccc1OCc1ccccc1F. The normalized spacial score (nSPS) is 10.4. The lowest BCUT2D eigenvalue weighted by Crippen LogP contribution is -2.00. The summed E-state index contributed by atoms with van der Waals surface area (Å²) in [4.78, 5) is 0. The standard InChI is InChI=1S/C14H12BrFO2/c15-12-5-6-14(11(7-12)8-17)18-9-10-3-1-2-4-13(10)16/h1-7,17H,8-9H2. The molecule has 94 valence electrons. The van der Waals surface area contributed by atoms with Crippen molar-refractivity contribution in [2.45, 2.75) is 13.2 Å². The van der Waals surface area contributed by atoms with Crippen molar-refractivity contribution in [2.24, 2.45) is 0 Å². The zero-order valence-electron chi connectivity index (χ0n) is 9.57. The molecule has 2 aromatic carbocycles. The van der Waals surface area contributed by atoms with Gasteiger partial charge in [-0.1, -0.05) is 34.1 Å². The maximum atomic E-state index is 13.4. The largest absolute Gasteiger partial charge is 0.488 e. The first-order valence-electron chi connectivity index (χ1n) is 5.46. The van der Waals surface area contributed by atoms with Crippen molar-refractivity contribution in [1.82, 2.24) is 0 Å². The smallest absolute Gasteiger partial charge is 0.129 e. The van der Waals surface area contributed by atoms with E-state index in [2.05, 4.69) is 15.9 Å². The number of rotatable bonds is 4.